The van der Waals surface area contributed by atoms with Crippen molar-refractivity contribution in [2.24, 2.45) is 5.41 Å². The fourth-order valence-corrected chi connectivity index (χ4v) is 6.57. The molecular weight excluding hydrogens is 520 g/mol. The van der Waals surface area contributed by atoms with Gasteiger partial charge in [0, 0.05) is 60.3 Å². The van der Waals surface area contributed by atoms with Crippen LogP contribution >= 0.6 is 15.9 Å². The van der Waals surface area contributed by atoms with E-state index >= 15 is 0 Å². The number of nitrogens with zero attached hydrogens (tertiary/aromatic N) is 3. The van der Waals surface area contributed by atoms with E-state index in [-0.39, 0.29) is 24.1 Å². The van der Waals surface area contributed by atoms with Gasteiger partial charge < -0.3 is 14.7 Å². The molecule has 3 amide bonds. The Hall–Kier alpha value is -2.71. The van der Waals surface area contributed by atoms with Crippen LogP contribution in [0.1, 0.15) is 47.2 Å². The molecule has 1 spiro atoms. The number of piperidine rings is 1. The van der Waals surface area contributed by atoms with E-state index in [0.717, 1.165) is 42.5 Å². The van der Waals surface area contributed by atoms with Gasteiger partial charge >= 0.3 is 0 Å². The molecule has 4 heterocycles. The molecule has 2 aromatic carbocycles. The normalized spacial score (nSPS) is 22.9. The summed E-state index contributed by atoms with van der Waals surface area (Å²) in [5.41, 5.74) is 4.74. The van der Waals surface area contributed by atoms with Gasteiger partial charge in [0.15, 0.2) is 0 Å². The van der Waals surface area contributed by atoms with Gasteiger partial charge in [0.1, 0.15) is 6.04 Å². The lowest BCUT2D eigenvalue weighted by atomic mass is 9.72. The predicted molar refractivity (Wildman–Crippen MR) is 141 cm³/mol. The van der Waals surface area contributed by atoms with Gasteiger partial charge in [-0.1, -0.05) is 28.1 Å². The topological polar surface area (TPSA) is 73.0 Å². The van der Waals surface area contributed by atoms with E-state index in [1.165, 1.54) is 30.8 Å². The third-order valence-electron chi connectivity index (χ3n) is 8.14. The summed E-state index contributed by atoms with van der Waals surface area (Å²) in [6.45, 7) is 6.33. The third kappa shape index (κ3) is 4.45. The number of imide groups is 1. The number of benzene rings is 2. The summed E-state index contributed by atoms with van der Waals surface area (Å²) in [4.78, 5) is 43.2. The number of aryl methyl sites for hydroxylation is 1. The molecule has 3 saturated heterocycles. The summed E-state index contributed by atoms with van der Waals surface area (Å²) < 4.78 is 1.12. The lowest BCUT2D eigenvalue weighted by Crippen LogP contribution is -2.72. The van der Waals surface area contributed by atoms with Gasteiger partial charge in [-0.15, -0.1) is 0 Å². The molecule has 0 bridgehead atoms. The van der Waals surface area contributed by atoms with E-state index in [0.29, 0.717) is 23.9 Å². The maximum Gasteiger partial charge on any atom is 0.255 e. The Balaban J connectivity index is 0.934. The van der Waals surface area contributed by atoms with Gasteiger partial charge in [-0.25, -0.2) is 0 Å². The highest BCUT2D eigenvalue weighted by Crippen LogP contribution is 2.42. The Labute approximate surface area is 219 Å². The van der Waals surface area contributed by atoms with Crippen LogP contribution in [0.4, 0.5) is 5.69 Å². The number of carbonyl (C=O) groups is 3. The Morgan fingerprint density at radius 1 is 0.972 bits per heavy atom. The molecule has 3 fully saturated rings. The van der Waals surface area contributed by atoms with Crippen LogP contribution < -0.4 is 10.2 Å². The number of unbranched alkanes of at least 4 members (excludes halogenated alkanes) is 1. The second-order valence-electron chi connectivity index (χ2n) is 10.9. The quantitative estimate of drug-likeness (QED) is 0.422. The molecule has 1 N–H and O–H groups in total. The number of likely N-dealkylation sites (tertiary alicyclic amines) is 1. The van der Waals surface area contributed by atoms with Crippen LogP contribution in [0.25, 0.3) is 0 Å². The summed E-state index contributed by atoms with van der Waals surface area (Å²) in [7, 11) is 0. The summed E-state index contributed by atoms with van der Waals surface area (Å²) in [6, 6.07) is 14.1. The number of nitrogens with one attached hydrogen (secondary N) is 1. The van der Waals surface area contributed by atoms with Gasteiger partial charge in [-0.2, -0.15) is 0 Å². The molecule has 188 valence electrons. The molecule has 4 aliphatic heterocycles. The number of anilines is 1. The molecule has 7 nitrogen and oxygen atoms in total. The fraction of sp³-hybridized carbons (Fsp3) is 0.464. The number of fused-ring (bicyclic) bond motifs is 1. The minimum Gasteiger partial charge on any atom is -0.370 e. The van der Waals surface area contributed by atoms with Crippen LogP contribution in [0.3, 0.4) is 0 Å². The number of hydrogen-bond acceptors (Lipinski definition) is 5. The molecular formula is C28H31BrN4O3. The van der Waals surface area contributed by atoms with E-state index in [1.807, 2.05) is 12.1 Å². The van der Waals surface area contributed by atoms with E-state index in [4.69, 9.17) is 0 Å². The van der Waals surface area contributed by atoms with E-state index < -0.39 is 6.04 Å². The van der Waals surface area contributed by atoms with Gasteiger partial charge in [0.2, 0.25) is 11.8 Å². The first kappa shape index (κ1) is 23.7. The molecule has 0 aromatic heterocycles. The van der Waals surface area contributed by atoms with Crippen LogP contribution in [0, 0.1) is 5.41 Å². The zero-order chi connectivity index (χ0) is 24.9. The van der Waals surface area contributed by atoms with E-state index in [2.05, 4.69) is 61.4 Å². The molecule has 36 heavy (non-hydrogen) atoms. The first-order chi connectivity index (χ1) is 17.4. The van der Waals surface area contributed by atoms with Crippen LogP contribution in [0.2, 0.25) is 0 Å². The van der Waals surface area contributed by atoms with Crippen LogP contribution in [-0.4, -0.2) is 66.3 Å². The number of halogens is 1. The molecule has 8 heteroatoms. The average Bonchev–Trinajstić information content (AvgIpc) is 3.13. The van der Waals surface area contributed by atoms with Gasteiger partial charge in [-0.05, 0) is 73.7 Å². The second kappa shape index (κ2) is 9.30. The minimum absolute atomic E-state index is 0.104. The zero-order valence-electron chi connectivity index (χ0n) is 20.3. The smallest absolute Gasteiger partial charge is 0.255 e. The predicted octanol–water partition coefficient (Wildman–Crippen LogP) is 3.36. The lowest BCUT2D eigenvalue weighted by molar-refractivity contribution is -0.136. The van der Waals surface area contributed by atoms with Crippen molar-refractivity contribution >= 4 is 39.3 Å². The molecule has 6 rings (SSSR count). The Morgan fingerprint density at radius 3 is 2.50 bits per heavy atom. The Morgan fingerprint density at radius 2 is 1.75 bits per heavy atom. The maximum atomic E-state index is 12.9. The van der Waals surface area contributed by atoms with E-state index in [1.54, 1.807) is 4.90 Å². The van der Waals surface area contributed by atoms with Crippen molar-refractivity contribution in [1.29, 1.82) is 0 Å². The minimum atomic E-state index is -0.552. The first-order valence-corrected chi connectivity index (χ1v) is 13.7. The van der Waals surface area contributed by atoms with Gasteiger partial charge in [0.05, 0.1) is 0 Å². The fourth-order valence-electron chi connectivity index (χ4n) is 6.31. The monoisotopic (exact) mass is 550 g/mol. The summed E-state index contributed by atoms with van der Waals surface area (Å²) in [6.07, 6.45) is 3.97. The van der Waals surface area contributed by atoms with Crippen molar-refractivity contribution in [3.05, 3.63) is 63.6 Å². The second-order valence-corrected chi connectivity index (χ2v) is 11.8. The first-order valence-electron chi connectivity index (χ1n) is 12.9. The molecule has 0 aliphatic carbocycles. The van der Waals surface area contributed by atoms with Gasteiger partial charge in [0.25, 0.3) is 5.91 Å². The number of carbonyl (C=O) groups excluding carboxylic acids is 3. The summed E-state index contributed by atoms with van der Waals surface area (Å²) >= 11 is 3.51. The molecule has 2 aromatic rings. The van der Waals surface area contributed by atoms with Crippen LogP contribution in [0.5, 0.6) is 0 Å². The van der Waals surface area contributed by atoms with Gasteiger partial charge in [-0.3, -0.25) is 19.7 Å². The standard InChI is InChI=1S/C28H31BrN4O3/c29-21-5-7-22(8-6-21)32-17-28(18-32)15-31(16-28)12-2-1-3-19-4-9-23-20(13-19)14-33(27(23)36)24-10-11-25(34)30-26(24)35/h4-9,13,24H,1-3,10-12,14-18H2,(H,30,34,35). The van der Waals surface area contributed by atoms with Crippen molar-refractivity contribution in [1.82, 2.24) is 15.1 Å². The Bertz CT molecular complexity index is 1200. The van der Waals surface area contributed by atoms with E-state index in [9.17, 15) is 14.4 Å². The van der Waals surface area contributed by atoms with Crippen molar-refractivity contribution in [3.63, 3.8) is 0 Å². The van der Waals surface area contributed by atoms with Crippen LogP contribution in [0.15, 0.2) is 46.9 Å². The highest BCUT2D eigenvalue weighted by atomic mass is 79.9. The largest absolute Gasteiger partial charge is 0.370 e. The third-order valence-corrected chi connectivity index (χ3v) is 8.67. The number of hydrogen-bond donors (Lipinski definition) is 1. The maximum absolute atomic E-state index is 12.9. The Kier molecular flexibility index (Phi) is 6.12. The average molecular weight is 551 g/mol. The zero-order valence-corrected chi connectivity index (χ0v) is 21.9. The summed E-state index contributed by atoms with van der Waals surface area (Å²) in [5.74, 6) is -0.720. The molecule has 1 atom stereocenters. The molecule has 0 radical (unpaired) electrons. The lowest BCUT2D eigenvalue weighted by Gasteiger charge is -2.61. The molecule has 0 saturated carbocycles. The molecule has 4 aliphatic rings. The number of amides is 3. The highest BCUT2D eigenvalue weighted by molar-refractivity contribution is 9.10. The van der Waals surface area contributed by atoms with Crippen molar-refractivity contribution < 1.29 is 14.4 Å². The van der Waals surface area contributed by atoms with Crippen LogP contribution in [-0.2, 0) is 22.6 Å². The number of rotatable bonds is 7. The van der Waals surface area contributed by atoms with Crippen molar-refractivity contribution in [2.75, 3.05) is 37.6 Å². The van der Waals surface area contributed by atoms with Crippen molar-refractivity contribution in [3.8, 4) is 0 Å². The highest BCUT2D eigenvalue weighted by Gasteiger charge is 2.51. The SMILES string of the molecule is O=C1CCC(N2Cc3cc(CCCCN4CC5(C4)CN(c4ccc(Br)cc4)C5)ccc3C2=O)C(=O)N1. The summed E-state index contributed by atoms with van der Waals surface area (Å²) in [5, 5.41) is 2.36. The van der Waals surface area contributed by atoms with Crippen molar-refractivity contribution in [2.45, 2.75) is 44.7 Å². The molecule has 1 unspecified atom stereocenters.